The second kappa shape index (κ2) is 11.7. The Morgan fingerprint density at radius 2 is 1.76 bits per heavy atom. The van der Waals surface area contributed by atoms with Crippen molar-refractivity contribution in [3.63, 3.8) is 0 Å². The van der Waals surface area contributed by atoms with Crippen LogP contribution in [0, 0.1) is 0 Å². The smallest absolute Gasteiger partial charge is 0.405 e. The summed E-state index contributed by atoms with van der Waals surface area (Å²) in [6.45, 7) is 2.83. The van der Waals surface area contributed by atoms with Gasteiger partial charge in [0.2, 0.25) is 11.9 Å². The summed E-state index contributed by atoms with van der Waals surface area (Å²) < 4.78 is 0. The topological polar surface area (TPSA) is 132 Å². The third-order valence-electron chi connectivity index (χ3n) is 5.98. The molecule has 0 radical (unpaired) electrons. The average Bonchev–Trinajstić information content (AvgIpc) is 2.92. The van der Waals surface area contributed by atoms with Crippen LogP contribution in [-0.4, -0.2) is 83.0 Å². The lowest BCUT2D eigenvalue weighted by atomic mass is 10.1. The Labute approximate surface area is 218 Å². The Morgan fingerprint density at radius 3 is 2.41 bits per heavy atom. The summed E-state index contributed by atoms with van der Waals surface area (Å²) in [4.78, 5) is 52.7. The molecular weight excluding hydrogens is 498 g/mol. The van der Waals surface area contributed by atoms with E-state index in [-0.39, 0.29) is 12.5 Å². The zero-order valence-corrected chi connectivity index (χ0v) is 20.9. The van der Waals surface area contributed by atoms with Crippen LogP contribution in [0.4, 0.5) is 16.6 Å². The van der Waals surface area contributed by atoms with Crippen LogP contribution in [0.1, 0.15) is 15.9 Å². The van der Waals surface area contributed by atoms with E-state index < -0.39 is 6.09 Å². The van der Waals surface area contributed by atoms with Crippen molar-refractivity contribution in [3.05, 3.63) is 65.1 Å². The summed E-state index contributed by atoms with van der Waals surface area (Å²) in [6.07, 6.45) is 4.55. The molecular formula is C25H26ClN7O4. The van der Waals surface area contributed by atoms with E-state index in [9.17, 15) is 14.4 Å². The van der Waals surface area contributed by atoms with Crippen LogP contribution in [0.25, 0.3) is 11.1 Å². The molecule has 0 spiro atoms. The summed E-state index contributed by atoms with van der Waals surface area (Å²) in [7, 11) is 1.63. The molecule has 3 aromatic rings. The van der Waals surface area contributed by atoms with Crippen molar-refractivity contribution in [2.75, 3.05) is 49.6 Å². The van der Waals surface area contributed by atoms with Gasteiger partial charge in [-0.05, 0) is 23.3 Å². The highest BCUT2D eigenvalue weighted by atomic mass is 35.5. The maximum Gasteiger partial charge on any atom is 0.405 e. The average molecular weight is 524 g/mol. The maximum atomic E-state index is 12.1. The van der Waals surface area contributed by atoms with E-state index >= 15 is 0 Å². The summed E-state index contributed by atoms with van der Waals surface area (Å²) in [5, 5.41) is 11.2. The normalized spacial score (nSPS) is 13.2. The van der Waals surface area contributed by atoms with E-state index in [0.29, 0.717) is 55.1 Å². The van der Waals surface area contributed by atoms with Crippen molar-refractivity contribution in [1.29, 1.82) is 0 Å². The standard InChI is InChI=1S/C25H26ClN7O4/c1-31(22(35)14-30-25(36)37)15-17-3-2-4-19(9-17)20-12-28-24(29-13-20)33-7-5-32(6-8-33)23-21(26)10-18(16-34)11-27-23/h2-4,9-13,16,30H,5-8,14-15H2,1H3,(H,36,37). The Balaban J connectivity index is 1.36. The molecule has 0 bridgehead atoms. The van der Waals surface area contributed by atoms with Crippen molar-refractivity contribution in [2.45, 2.75) is 6.54 Å². The van der Waals surface area contributed by atoms with Crippen LogP contribution < -0.4 is 15.1 Å². The first kappa shape index (κ1) is 25.8. The number of amides is 2. The van der Waals surface area contributed by atoms with Gasteiger partial charge in [-0.2, -0.15) is 0 Å². The van der Waals surface area contributed by atoms with Crippen LogP contribution in [0.2, 0.25) is 5.02 Å². The van der Waals surface area contributed by atoms with Gasteiger partial charge in [-0.15, -0.1) is 0 Å². The number of aldehydes is 1. The van der Waals surface area contributed by atoms with E-state index in [1.165, 1.54) is 11.1 Å². The van der Waals surface area contributed by atoms with E-state index in [2.05, 4.69) is 30.1 Å². The Kier molecular flexibility index (Phi) is 8.14. The number of nitrogens with one attached hydrogen (secondary N) is 1. The second-order valence-electron chi connectivity index (χ2n) is 8.55. The fourth-order valence-corrected chi connectivity index (χ4v) is 4.29. The lowest BCUT2D eigenvalue weighted by Gasteiger charge is -2.35. The number of aromatic nitrogens is 3. The lowest BCUT2D eigenvalue weighted by Crippen LogP contribution is -2.47. The Hall–Kier alpha value is -4.25. The molecule has 192 valence electrons. The number of nitrogens with zero attached hydrogens (tertiary/aromatic N) is 6. The highest BCUT2D eigenvalue weighted by Gasteiger charge is 2.22. The molecule has 4 rings (SSSR count). The molecule has 3 heterocycles. The number of carbonyl (C=O) groups is 3. The minimum Gasteiger partial charge on any atom is -0.465 e. The van der Waals surface area contributed by atoms with Gasteiger partial charge < -0.3 is 25.1 Å². The van der Waals surface area contributed by atoms with E-state index in [0.717, 1.165) is 23.0 Å². The number of halogens is 1. The first-order valence-corrected chi connectivity index (χ1v) is 11.9. The predicted octanol–water partition coefficient (Wildman–Crippen LogP) is 2.56. The molecule has 12 heteroatoms. The van der Waals surface area contributed by atoms with Crippen molar-refractivity contribution in [1.82, 2.24) is 25.2 Å². The van der Waals surface area contributed by atoms with Crippen LogP contribution in [0.15, 0.2) is 48.9 Å². The van der Waals surface area contributed by atoms with Gasteiger partial charge in [0.05, 0.1) is 5.02 Å². The fraction of sp³-hybridized carbons (Fsp3) is 0.280. The zero-order valence-electron chi connectivity index (χ0n) is 20.2. The molecule has 0 unspecified atom stereocenters. The van der Waals surface area contributed by atoms with Gasteiger partial charge in [-0.3, -0.25) is 9.59 Å². The minimum absolute atomic E-state index is 0.273. The quantitative estimate of drug-likeness (QED) is 0.427. The van der Waals surface area contributed by atoms with Gasteiger partial charge in [0.15, 0.2) is 6.29 Å². The lowest BCUT2D eigenvalue weighted by molar-refractivity contribution is -0.129. The van der Waals surface area contributed by atoms with Crippen molar-refractivity contribution in [2.24, 2.45) is 0 Å². The molecule has 0 atom stereocenters. The number of anilines is 2. The number of hydrogen-bond donors (Lipinski definition) is 2. The molecule has 11 nitrogen and oxygen atoms in total. The number of carbonyl (C=O) groups excluding carboxylic acids is 2. The summed E-state index contributed by atoms with van der Waals surface area (Å²) >= 11 is 6.31. The fourth-order valence-electron chi connectivity index (χ4n) is 3.99. The third-order valence-corrected chi connectivity index (χ3v) is 6.25. The van der Waals surface area contributed by atoms with Crippen molar-refractivity contribution < 1.29 is 19.5 Å². The molecule has 0 saturated carbocycles. The van der Waals surface area contributed by atoms with Gasteiger partial charge >= 0.3 is 6.09 Å². The Bertz CT molecular complexity index is 1280. The highest BCUT2D eigenvalue weighted by molar-refractivity contribution is 6.33. The van der Waals surface area contributed by atoms with Crippen LogP contribution >= 0.6 is 11.6 Å². The van der Waals surface area contributed by atoms with Crippen LogP contribution in [0.3, 0.4) is 0 Å². The number of carboxylic acid groups (broad SMARTS) is 1. The molecule has 37 heavy (non-hydrogen) atoms. The van der Waals surface area contributed by atoms with Crippen LogP contribution in [-0.2, 0) is 11.3 Å². The first-order chi connectivity index (χ1) is 17.8. The first-order valence-electron chi connectivity index (χ1n) is 11.6. The Morgan fingerprint density at radius 1 is 1.05 bits per heavy atom. The summed E-state index contributed by atoms with van der Waals surface area (Å²) in [5.41, 5.74) is 3.10. The number of pyridine rings is 1. The predicted molar refractivity (Wildman–Crippen MR) is 139 cm³/mol. The number of hydrogen-bond acceptors (Lipinski definition) is 8. The van der Waals surface area contributed by atoms with Gasteiger partial charge in [0, 0.05) is 69.5 Å². The van der Waals surface area contributed by atoms with Crippen molar-refractivity contribution >= 4 is 41.7 Å². The molecule has 1 aliphatic heterocycles. The molecule has 2 aromatic heterocycles. The molecule has 1 aliphatic rings. The number of benzene rings is 1. The van der Waals surface area contributed by atoms with E-state index in [1.807, 2.05) is 24.3 Å². The minimum atomic E-state index is -1.24. The molecule has 1 fully saturated rings. The van der Waals surface area contributed by atoms with Gasteiger partial charge in [0.1, 0.15) is 12.4 Å². The monoisotopic (exact) mass is 523 g/mol. The van der Waals surface area contributed by atoms with Crippen LogP contribution in [0.5, 0.6) is 0 Å². The largest absolute Gasteiger partial charge is 0.465 e. The molecule has 2 amide bonds. The summed E-state index contributed by atoms with van der Waals surface area (Å²) in [5.74, 6) is 0.969. The number of rotatable bonds is 8. The van der Waals surface area contributed by atoms with Crippen molar-refractivity contribution in [3.8, 4) is 11.1 Å². The SMILES string of the molecule is CN(Cc1cccc(-c2cnc(N3CCN(c4ncc(C=O)cc4Cl)CC3)nc2)c1)C(=O)CNC(=O)O. The number of piperazine rings is 1. The molecule has 1 aromatic carbocycles. The highest BCUT2D eigenvalue weighted by Crippen LogP contribution is 2.26. The summed E-state index contributed by atoms with van der Waals surface area (Å²) in [6, 6.07) is 9.32. The maximum absolute atomic E-state index is 12.1. The third kappa shape index (κ3) is 6.50. The van der Waals surface area contributed by atoms with Gasteiger partial charge in [-0.1, -0.05) is 29.8 Å². The number of likely N-dealkylation sites (N-methyl/N-ethyl adjacent to an activating group) is 1. The van der Waals surface area contributed by atoms with Gasteiger partial charge in [-0.25, -0.2) is 19.7 Å². The molecule has 2 N–H and O–H groups in total. The zero-order chi connectivity index (χ0) is 26.4. The molecule has 0 aliphatic carbocycles. The van der Waals surface area contributed by atoms with Gasteiger partial charge in [0.25, 0.3) is 0 Å². The second-order valence-corrected chi connectivity index (χ2v) is 8.95. The van der Waals surface area contributed by atoms with E-state index in [4.69, 9.17) is 16.7 Å². The van der Waals surface area contributed by atoms with E-state index in [1.54, 1.807) is 25.5 Å². The molecule has 1 saturated heterocycles.